The number of thioether (sulfide) groups is 1. The summed E-state index contributed by atoms with van der Waals surface area (Å²) in [5.74, 6) is 1.10. The van der Waals surface area contributed by atoms with E-state index in [9.17, 15) is 0 Å². The van der Waals surface area contributed by atoms with Gasteiger partial charge in [0, 0.05) is 9.92 Å². The molecule has 20 heavy (non-hydrogen) atoms. The van der Waals surface area contributed by atoms with Gasteiger partial charge in [-0.3, -0.25) is 0 Å². The quantitative estimate of drug-likeness (QED) is 0.741. The van der Waals surface area contributed by atoms with E-state index in [-0.39, 0.29) is 6.04 Å². The molecule has 0 spiro atoms. The number of nitrogens with one attached hydrogen (secondary N) is 1. The van der Waals surface area contributed by atoms with Gasteiger partial charge in [0.2, 0.25) is 0 Å². The lowest BCUT2D eigenvalue weighted by Crippen LogP contribution is -2.21. The summed E-state index contributed by atoms with van der Waals surface area (Å²) >= 11 is 7.84. The van der Waals surface area contributed by atoms with Gasteiger partial charge in [0.15, 0.2) is 0 Å². The molecule has 0 aromatic heterocycles. The van der Waals surface area contributed by atoms with Crippen LogP contribution in [0.5, 0.6) is 0 Å². The molecule has 3 heteroatoms. The molecule has 0 saturated heterocycles. The third kappa shape index (κ3) is 4.02. The molecule has 1 unspecified atom stereocenters. The van der Waals surface area contributed by atoms with E-state index in [0.29, 0.717) is 0 Å². The minimum absolute atomic E-state index is 0.220. The summed E-state index contributed by atoms with van der Waals surface area (Å²) in [5.41, 5.74) is 2.53. The van der Waals surface area contributed by atoms with Crippen LogP contribution in [-0.2, 0) is 0 Å². The van der Waals surface area contributed by atoms with E-state index >= 15 is 0 Å². The molecule has 0 amide bonds. The van der Waals surface area contributed by atoms with Gasteiger partial charge in [-0.25, -0.2) is 0 Å². The van der Waals surface area contributed by atoms with Gasteiger partial charge >= 0.3 is 0 Å². The smallest absolute Gasteiger partial charge is 0.0576 e. The van der Waals surface area contributed by atoms with Crippen LogP contribution in [0.3, 0.4) is 0 Å². The average molecular weight is 306 g/mol. The molecule has 2 aromatic rings. The average Bonchev–Trinajstić information content (AvgIpc) is 2.47. The Balaban J connectivity index is 2.25. The summed E-state index contributed by atoms with van der Waals surface area (Å²) < 4.78 is 0. The van der Waals surface area contributed by atoms with Crippen LogP contribution in [-0.4, -0.2) is 12.3 Å². The van der Waals surface area contributed by atoms with Crippen molar-refractivity contribution in [3.8, 4) is 0 Å². The predicted molar refractivity (Wildman–Crippen MR) is 89.8 cm³/mol. The summed E-state index contributed by atoms with van der Waals surface area (Å²) in [6.07, 6.45) is 0. The van der Waals surface area contributed by atoms with Crippen molar-refractivity contribution in [2.24, 2.45) is 0 Å². The summed E-state index contributed by atoms with van der Waals surface area (Å²) in [6.45, 7) is 5.23. The Morgan fingerprint density at radius 3 is 2.00 bits per heavy atom. The Bertz CT molecular complexity index is 522. The van der Waals surface area contributed by atoms with Crippen LogP contribution in [0.1, 0.15) is 31.0 Å². The van der Waals surface area contributed by atoms with E-state index in [2.05, 4.69) is 55.6 Å². The van der Waals surface area contributed by atoms with E-state index < -0.39 is 0 Å². The molecule has 2 aromatic carbocycles. The topological polar surface area (TPSA) is 12.0 Å². The van der Waals surface area contributed by atoms with Crippen LogP contribution >= 0.6 is 23.4 Å². The Hall–Kier alpha value is -0.960. The fraction of sp³-hybridized carbons (Fsp3) is 0.294. The Labute approximate surface area is 130 Å². The fourth-order valence-corrected chi connectivity index (χ4v) is 3.00. The molecule has 0 aliphatic carbocycles. The standard InChI is InChI=1S/C17H20ClNS/c1-3-19-17(13-5-9-15(18)10-6-13)14-7-11-16(12-8-14)20-4-2/h5-12,17,19H,3-4H2,1-2H3. The van der Waals surface area contributed by atoms with Crippen LogP contribution in [0.4, 0.5) is 0 Å². The first-order valence-corrected chi connectivity index (χ1v) is 8.32. The molecule has 0 fully saturated rings. The van der Waals surface area contributed by atoms with Crippen LogP contribution in [0.15, 0.2) is 53.4 Å². The molecular formula is C17H20ClNS. The van der Waals surface area contributed by atoms with Crippen molar-refractivity contribution >= 4 is 23.4 Å². The summed E-state index contributed by atoms with van der Waals surface area (Å²) in [6, 6.07) is 17.1. The molecule has 106 valence electrons. The van der Waals surface area contributed by atoms with Gasteiger partial charge in [-0.2, -0.15) is 0 Å². The Morgan fingerprint density at radius 2 is 1.50 bits per heavy atom. The zero-order chi connectivity index (χ0) is 14.4. The highest BCUT2D eigenvalue weighted by Gasteiger charge is 2.12. The first kappa shape index (κ1) is 15.4. The highest BCUT2D eigenvalue weighted by Crippen LogP contribution is 2.26. The van der Waals surface area contributed by atoms with Crippen molar-refractivity contribution in [2.45, 2.75) is 24.8 Å². The van der Waals surface area contributed by atoms with E-state index in [4.69, 9.17) is 11.6 Å². The minimum atomic E-state index is 0.220. The number of hydrogen-bond acceptors (Lipinski definition) is 2. The van der Waals surface area contributed by atoms with Crippen molar-refractivity contribution in [1.82, 2.24) is 5.32 Å². The number of hydrogen-bond donors (Lipinski definition) is 1. The molecule has 1 nitrogen and oxygen atoms in total. The second-order valence-electron chi connectivity index (χ2n) is 4.54. The van der Waals surface area contributed by atoms with Gasteiger partial charge in [-0.15, -0.1) is 11.8 Å². The number of rotatable bonds is 6. The molecular weight excluding hydrogens is 286 g/mol. The summed E-state index contributed by atoms with van der Waals surface area (Å²) in [5, 5.41) is 4.31. The molecule has 0 saturated carbocycles. The third-order valence-corrected chi connectivity index (χ3v) is 4.28. The molecule has 0 heterocycles. The fourth-order valence-electron chi connectivity index (χ4n) is 2.21. The predicted octanol–water partition coefficient (Wildman–Crippen LogP) is 5.15. The van der Waals surface area contributed by atoms with Gasteiger partial charge in [-0.05, 0) is 47.7 Å². The minimum Gasteiger partial charge on any atom is -0.307 e. The van der Waals surface area contributed by atoms with E-state index in [0.717, 1.165) is 17.3 Å². The van der Waals surface area contributed by atoms with Gasteiger partial charge in [0.1, 0.15) is 0 Å². The van der Waals surface area contributed by atoms with Crippen LogP contribution in [0, 0.1) is 0 Å². The SMILES string of the molecule is CCNC(c1ccc(Cl)cc1)c1ccc(SCC)cc1. The summed E-state index contributed by atoms with van der Waals surface area (Å²) in [7, 11) is 0. The molecule has 0 aliphatic rings. The van der Waals surface area contributed by atoms with Gasteiger partial charge in [0.25, 0.3) is 0 Å². The van der Waals surface area contributed by atoms with E-state index in [1.54, 1.807) is 0 Å². The first-order chi connectivity index (χ1) is 9.74. The molecule has 0 bridgehead atoms. The lowest BCUT2D eigenvalue weighted by molar-refractivity contribution is 0.630. The van der Waals surface area contributed by atoms with Crippen LogP contribution < -0.4 is 5.32 Å². The Kier molecular flexibility index (Phi) is 5.96. The molecule has 1 atom stereocenters. The van der Waals surface area contributed by atoms with Crippen LogP contribution in [0.2, 0.25) is 5.02 Å². The van der Waals surface area contributed by atoms with Crippen LogP contribution in [0.25, 0.3) is 0 Å². The molecule has 0 aliphatic heterocycles. The number of halogens is 1. The maximum absolute atomic E-state index is 5.97. The second kappa shape index (κ2) is 7.72. The number of benzene rings is 2. The Morgan fingerprint density at radius 1 is 0.950 bits per heavy atom. The molecule has 2 rings (SSSR count). The molecule has 0 radical (unpaired) electrons. The monoisotopic (exact) mass is 305 g/mol. The van der Waals surface area contributed by atoms with Crippen molar-refractivity contribution < 1.29 is 0 Å². The van der Waals surface area contributed by atoms with Gasteiger partial charge in [-0.1, -0.05) is 49.7 Å². The van der Waals surface area contributed by atoms with Crippen molar-refractivity contribution in [1.29, 1.82) is 0 Å². The van der Waals surface area contributed by atoms with Crippen molar-refractivity contribution in [3.63, 3.8) is 0 Å². The maximum Gasteiger partial charge on any atom is 0.0576 e. The lowest BCUT2D eigenvalue weighted by atomic mass is 9.99. The van der Waals surface area contributed by atoms with Crippen molar-refractivity contribution in [3.05, 3.63) is 64.7 Å². The third-order valence-electron chi connectivity index (χ3n) is 3.14. The molecule has 1 N–H and O–H groups in total. The van der Waals surface area contributed by atoms with Gasteiger partial charge < -0.3 is 5.32 Å². The highest BCUT2D eigenvalue weighted by atomic mass is 35.5. The summed E-state index contributed by atoms with van der Waals surface area (Å²) in [4.78, 5) is 1.32. The van der Waals surface area contributed by atoms with Gasteiger partial charge in [0.05, 0.1) is 6.04 Å². The maximum atomic E-state index is 5.97. The normalized spacial score (nSPS) is 12.3. The largest absolute Gasteiger partial charge is 0.307 e. The van der Waals surface area contributed by atoms with Crippen molar-refractivity contribution in [2.75, 3.05) is 12.3 Å². The first-order valence-electron chi connectivity index (χ1n) is 6.96. The van der Waals surface area contributed by atoms with E-state index in [1.165, 1.54) is 16.0 Å². The van der Waals surface area contributed by atoms with E-state index in [1.807, 2.05) is 23.9 Å². The zero-order valence-corrected chi connectivity index (χ0v) is 13.5. The highest BCUT2D eigenvalue weighted by molar-refractivity contribution is 7.99. The zero-order valence-electron chi connectivity index (χ0n) is 11.9. The second-order valence-corrected chi connectivity index (χ2v) is 6.32. The lowest BCUT2D eigenvalue weighted by Gasteiger charge is -2.19.